The van der Waals surface area contributed by atoms with E-state index in [0.29, 0.717) is 5.69 Å². The molecule has 0 bridgehead atoms. The third-order valence-electron chi connectivity index (χ3n) is 3.94. The van der Waals surface area contributed by atoms with Crippen molar-refractivity contribution >= 4 is 17.3 Å². The van der Waals surface area contributed by atoms with Crippen LogP contribution in [0.4, 0.5) is 11.4 Å². The standard InChI is InChI=1S/C17H20N4O/c1-12-9-14(21-7-3-4-8-21)5-6-15(12)20-17(22)16-11-18-13(2)10-19-16/h5-6,9-11H,3-4,7-8H2,1-2H3,(H,20,22). The summed E-state index contributed by atoms with van der Waals surface area (Å²) in [6, 6.07) is 6.15. The van der Waals surface area contributed by atoms with E-state index in [0.717, 1.165) is 30.0 Å². The number of aryl methyl sites for hydroxylation is 2. The third kappa shape index (κ3) is 3.08. The predicted octanol–water partition coefficient (Wildman–Crippen LogP) is 2.95. The van der Waals surface area contributed by atoms with Crippen molar-refractivity contribution in [2.45, 2.75) is 26.7 Å². The molecule has 1 amide bonds. The van der Waals surface area contributed by atoms with Gasteiger partial charge in [0, 0.05) is 30.7 Å². The van der Waals surface area contributed by atoms with Gasteiger partial charge in [0.25, 0.3) is 5.91 Å². The van der Waals surface area contributed by atoms with Crippen molar-refractivity contribution < 1.29 is 4.79 Å². The predicted molar refractivity (Wildman–Crippen MR) is 87.3 cm³/mol. The number of carbonyl (C=O) groups is 1. The topological polar surface area (TPSA) is 58.1 Å². The Kier molecular flexibility index (Phi) is 4.04. The summed E-state index contributed by atoms with van der Waals surface area (Å²) in [5.74, 6) is -0.232. The summed E-state index contributed by atoms with van der Waals surface area (Å²) < 4.78 is 0. The van der Waals surface area contributed by atoms with Gasteiger partial charge >= 0.3 is 0 Å². The van der Waals surface area contributed by atoms with Crippen molar-refractivity contribution in [3.63, 3.8) is 0 Å². The van der Waals surface area contributed by atoms with E-state index in [9.17, 15) is 4.79 Å². The maximum absolute atomic E-state index is 12.2. The van der Waals surface area contributed by atoms with Crippen LogP contribution in [0, 0.1) is 13.8 Å². The van der Waals surface area contributed by atoms with E-state index in [1.54, 1.807) is 6.20 Å². The maximum Gasteiger partial charge on any atom is 0.275 e. The highest BCUT2D eigenvalue weighted by molar-refractivity contribution is 6.03. The molecule has 1 fully saturated rings. The summed E-state index contributed by atoms with van der Waals surface area (Å²) in [5, 5.41) is 2.90. The number of nitrogens with one attached hydrogen (secondary N) is 1. The molecule has 1 aromatic carbocycles. The number of hydrogen-bond acceptors (Lipinski definition) is 4. The Hall–Kier alpha value is -2.43. The highest BCUT2D eigenvalue weighted by atomic mass is 16.1. The summed E-state index contributed by atoms with van der Waals surface area (Å²) in [6.07, 6.45) is 5.60. The first-order chi connectivity index (χ1) is 10.6. The second-order valence-corrected chi connectivity index (χ2v) is 5.69. The second-order valence-electron chi connectivity index (χ2n) is 5.69. The zero-order valence-electron chi connectivity index (χ0n) is 13.0. The van der Waals surface area contributed by atoms with Gasteiger partial charge in [-0.25, -0.2) is 4.98 Å². The molecular formula is C17H20N4O. The summed E-state index contributed by atoms with van der Waals surface area (Å²) >= 11 is 0. The van der Waals surface area contributed by atoms with E-state index >= 15 is 0 Å². The molecule has 2 aromatic rings. The first kappa shape index (κ1) is 14.5. The monoisotopic (exact) mass is 296 g/mol. The first-order valence-electron chi connectivity index (χ1n) is 7.59. The molecule has 0 atom stereocenters. The number of benzene rings is 1. The third-order valence-corrected chi connectivity index (χ3v) is 3.94. The number of nitrogens with zero attached hydrogens (tertiary/aromatic N) is 3. The molecule has 1 aromatic heterocycles. The van der Waals surface area contributed by atoms with E-state index < -0.39 is 0 Å². The summed E-state index contributed by atoms with van der Waals surface area (Å²) in [6.45, 7) is 6.08. The molecule has 0 unspecified atom stereocenters. The molecule has 0 radical (unpaired) electrons. The molecular weight excluding hydrogens is 276 g/mol. The van der Waals surface area contributed by atoms with E-state index in [4.69, 9.17) is 0 Å². The first-order valence-corrected chi connectivity index (χ1v) is 7.59. The van der Waals surface area contributed by atoms with E-state index in [2.05, 4.69) is 32.3 Å². The fraction of sp³-hybridized carbons (Fsp3) is 0.353. The van der Waals surface area contributed by atoms with Gasteiger partial charge in [-0.2, -0.15) is 0 Å². The Morgan fingerprint density at radius 3 is 2.55 bits per heavy atom. The van der Waals surface area contributed by atoms with Crippen molar-refractivity contribution in [3.8, 4) is 0 Å². The molecule has 0 saturated carbocycles. The fourth-order valence-corrected chi connectivity index (χ4v) is 2.66. The van der Waals surface area contributed by atoms with Crippen molar-refractivity contribution in [1.29, 1.82) is 0 Å². The Morgan fingerprint density at radius 2 is 1.91 bits per heavy atom. The Balaban J connectivity index is 1.74. The van der Waals surface area contributed by atoms with Crippen LogP contribution in [0.5, 0.6) is 0 Å². The molecule has 0 aliphatic carbocycles. The van der Waals surface area contributed by atoms with Crippen molar-refractivity contribution in [3.05, 3.63) is 47.5 Å². The fourth-order valence-electron chi connectivity index (χ4n) is 2.66. The molecule has 1 aliphatic heterocycles. The Labute approximate surface area is 130 Å². The van der Waals surface area contributed by atoms with Crippen molar-refractivity contribution in [1.82, 2.24) is 9.97 Å². The minimum absolute atomic E-state index is 0.232. The quantitative estimate of drug-likeness (QED) is 0.946. The average molecular weight is 296 g/mol. The number of carbonyl (C=O) groups excluding carboxylic acids is 1. The molecule has 22 heavy (non-hydrogen) atoms. The molecule has 1 N–H and O–H groups in total. The van der Waals surface area contributed by atoms with E-state index in [1.165, 1.54) is 24.7 Å². The summed E-state index contributed by atoms with van der Waals surface area (Å²) in [7, 11) is 0. The van der Waals surface area contributed by atoms with Gasteiger partial charge in [-0.05, 0) is 50.5 Å². The van der Waals surface area contributed by atoms with Crippen LogP contribution >= 0.6 is 0 Å². The number of hydrogen-bond donors (Lipinski definition) is 1. The van der Waals surface area contributed by atoms with Gasteiger partial charge in [0.15, 0.2) is 0 Å². The minimum atomic E-state index is -0.232. The van der Waals surface area contributed by atoms with Crippen LogP contribution in [0.15, 0.2) is 30.6 Å². The molecule has 0 spiro atoms. The molecule has 1 saturated heterocycles. The lowest BCUT2D eigenvalue weighted by Crippen LogP contribution is -2.18. The number of anilines is 2. The van der Waals surface area contributed by atoms with Gasteiger partial charge in [0.05, 0.1) is 11.9 Å². The lowest BCUT2D eigenvalue weighted by Gasteiger charge is -2.19. The molecule has 3 rings (SSSR count). The highest BCUT2D eigenvalue weighted by Gasteiger charge is 2.14. The average Bonchev–Trinajstić information content (AvgIpc) is 3.04. The van der Waals surface area contributed by atoms with Gasteiger partial charge < -0.3 is 10.2 Å². The Bertz CT molecular complexity index is 676. The van der Waals surface area contributed by atoms with Crippen LogP contribution in [0.25, 0.3) is 0 Å². The largest absolute Gasteiger partial charge is 0.372 e. The normalized spacial score (nSPS) is 14.2. The minimum Gasteiger partial charge on any atom is -0.372 e. The SMILES string of the molecule is Cc1cnc(C(=O)Nc2ccc(N3CCCC3)cc2C)cn1. The van der Waals surface area contributed by atoms with Crippen LogP contribution in [0.3, 0.4) is 0 Å². The Morgan fingerprint density at radius 1 is 1.14 bits per heavy atom. The van der Waals surface area contributed by atoms with Crippen LogP contribution in [-0.2, 0) is 0 Å². The van der Waals surface area contributed by atoms with Crippen LogP contribution in [-0.4, -0.2) is 29.0 Å². The number of amides is 1. The van der Waals surface area contributed by atoms with Gasteiger partial charge in [-0.15, -0.1) is 0 Å². The highest BCUT2D eigenvalue weighted by Crippen LogP contribution is 2.25. The number of aromatic nitrogens is 2. The smallest absolute Gasteiger partial charge is 0.275 e. The zero-order valence-corrected chi connectivity index (χ0v) is 13.0. The van der Waals surface area contributed by atoms with E-state index in [-0.39, 0.29) is 5.91 Å². The van der Waals surface area contributed by atoms with Gasteiger partial charge in [0.2, 0.25) is 0 Å². The van der Waals surface area contributed by atoms with Crippen LogP contribution in [0.2, 0.25) is 0 Å². The zero-order chi connectivity index (χ0) is 15.5. The summed E-state index contributed by atoms with van der Waals surface area (Å²) in [5.41, 5.74) is 4.22. The van der Waals surface area contributed by atoms with Gasteiger partial charge in [-0.1, -0.05) is 0 Å². The molecule has 2 heterocycles. The molecule has 5 heteroatoms. The number of rotatable bonds is 3. The van der Waals surface area contributed by atoms with Crippen LogP contribution in [0.1, 0.15) is 34.6 Å². The molecule has 114 valence electrons. The lowest BCUT2D eigenvalue weighted by atomic mass is 10.1. The van der Waals surface area contributed by atoms with Crippen molar-refractivity contribution in [2.75, 3.05) is 23.3 Å². The summed E-state index contributed by atoms with van der Waals surface area (Å²) in [4.78, 5) is 22.8. The van der Waals surface area contributed by atoms with Gasteiger partial charge in [-0.3, -0.25) is 9.78 Å². The van der Waals surface area contributed by atoms with E-state index in [1.807, 2.05) is 19.9 Å². The maximum atomic E-state index is 12.2. The lowest BCUT2D eigenvalue weighted by molar-refractivity contribution is 0.102. The van der Waals surface area contributed by atoms with Crippen LogP contribution < -0.4 is 10.2 Å². The van der Waals surface area contributed by atoms with Gasteiger partial charge in [0.1, 0.15) is 5.69 Å². The van der Waals surface area contributed by atoms with Crippen molar-refractivity contribution in [2.24, 2.45) is 0 Å². The molecule has 1 aliphatic rings. The molecule has 5 nitrogen and oxygen atoms in total. The second kappa shape index (κ2) is 6.13.